The second-order valence-corrected chi connectivity index (χ2v) is 3.13. The van der Waals surface area contributed by atoms with Gasteiger partial charge in [0.15, 0.2) is 6.67 Å². The van der Waals surface area contributed by atoms with Gasteiger partial charge in [-0.25, -0.2) is 4.39 Å². The van der Waals surface area contributed by atoms with Crippen molar-refractivity contribution in [3.8, 4) is 0 Å². The maximum atomic E-state index is 10.7. The molecule has 0 aliphatic heterocycles. The molecule has 0 radical (unpaired) electrons. The van der Waals surface area contributed by atoms with Crippen molar-refractivity contribution < 1.29 is 44.4 Å². The minimum atomic E-state index is -5.84. The lowest BCUT2D eigenvalue weighted by Crippen LogP contribution is -2.21. The summed E-state index contributed by atoms with van der Waals surface area (Å²) in [5.74, 6) is 0. The molecule has 0 unspecified atom stereocenters. The highest BCUT2D eigenvalue weighted by Crippen LogP contribution is 2.20. The molecule has 0 fully saturated rings. The topological polar surface area (TPSA) is 74.6 Å². The molecule has 0 aliphatic carbocycles. The molecule has 0 rings (SSSR count). The monoisotopic (exact) mass is 250 g/mol. The summed E-state index contributed by atoms with van der Waals surface area (Å²) in [5.41, 5.74) is -5.53. The van der Waals surface area contributed by atoms with Crippen LogP contribution in [0.4, 0.5) is 26.3 Å². The van der Waals surface area contributed by atoms with Gasteiger partial charge in [-0.15, -0.1) is 0 Å². The van der Waals surface area contributed by atoms with Crippen molar-refractivity contribution in [2.45, 2.75) is 11.6 Å². The van der Waals surface area contributed by atoms with E-state index in [0.717, 1.165) is 0 Å². The molecule has 0 aromatic heterocycles. The van der Waals surface area contributed by atoms with E-state index in [9.17, 15) is 26.3 Å². The van der Waals surface area contributed by atoms with Gasteiger partial charge in [-0.2, -0.15) is 30.4 Å². The average molecular weight is 250 g/mol. The molecule has 0 atom stereocenters. The van der Waals surface area contributed by atoms with Crippen molar-refractivity contribution in [3.63, 3.8) is 0 Å². The van der Waals surface area contributed by atoms with Crippen LogP contribution in [0.5, 0.6) is 0 Å². The van der Waals surface area contributed by atoms with Gasteiger partial charge in [0.05, 0.1) is 0 Å². The van der Waals surface area contributed by atoms with E-state index >= 15 is 0 Å². The first-order chi connectivity index (χ1) is 5.81. The van der Waals surface area contributed by atoms with Gasteiger partial charge in [0.2, 0.25) is 0 Å². The van der Waals surface area contributed by atoms with E-state index in [1.54, 1.807) is 0 Å². The molecule has 0 aliphatic rings. The molecule has 88 valence electrons. The summed E-state index contributed by atoms with van der Waals surface area (Å²) >= 11 is 0. The predicted octanol–water partition coefficient (Wildman–Crippen LogP) is 0.935. The number of aliphatic hydroxyl groups is 1. The van der Waals surface area contributed by atoms with Gasteiger partial charge in [0.25, 0.3) is 0 Å². The lowest BCUT2D eigenvalue weighted by Gasteiger charge is -1.97. The third-order valence-corrected chi connectivity index (χ3v) is 1.04. The van der Waals surface area contributed by atoms with Crippen LogP contribution in [0.1, 0.15) is 0 Å². The largest absolute Gasteiger partial charge is 0.522 e. The van der Waals surface area contributed by atoms with Gasteiger partial charge >= 0.3 is 21.7 Å². The van der Waals surface area contributed by atoms with Crippen molar-refractivity contribution >= 4 is 10.1 Å². The van der Waals surface area contributed by atoms with Crippen LogP contribution >= 0.6 is 0 Å². The highest BCUT2D eigenvalue weighted by molar-refractivity contribution is 7.86. The third kappa shape index (κ3) is 9.54. The van der Waals surface area contributed by atoms with Crippen LogP contribution in [-0.4, -0.2) is 36.4 Å². The average Bonchev–Trinajstić information content (AvgIpc) is 1.82. The molecule has 0 aromatic carbocycles. The summed E-state index contributed by atoms with van der Waals surface area (Å²) in [6.07, 6.45) is -4.12. The predicted molar refractivity (Wildman–Crippen MR) is 30.7 cm³/mol. The minimum absolute atomic E-state index is 2.01. The maximum Gasteiger partial charge on any atom is 0.522 e. The van der Waals surface area contributed by atoms with Gasteiger partial charge in [-0.3, -0.25) is 4.55 Å². The van der Waals surface area contributed by atoms with Crippen LogP contribution < -0.4 is 0 Å². The number of hydrogen-bond acceptors (Lipinski definition) is 3. The fourth-order valence-electron chi connectivity index (χ4n) is 0. The summed E-state index contributed by atoms with van der Waals surface area (Å²) < 4.78 is 89.3. The first-order valence-electron chi connectivity index (χ1n) is 2.51. The van der Waals surface area contributed by atoms with Crippen molar-refractivity contribution in [1.82, 2.24) is 0 Å². The SMILES string of the molecule is O=S(=O)(O)C(F)(F)F.OC(F)(F)CF. The van der Waals surface area contributed by atoms with Gasteiger partial charge in [-0.1, -0.05) is 0 Å². The Labute approximate surface area is 73.9 Å². The third-order valence-electron chi connectivity index (χ3n) is 0.453. The lowest BCUT2D eigenvalue weighted by atomic mass is 10.7. The van der Waals surface area contributed by atoms with Crippen molar-refractivity contribution in [2.75, 3.05) is 6.67 Å². The van der Waals surface area contributed by atoms with E-state index in [4.69, 9.17) is 18.1 Å². The Morgan fingerprint density at radius 1 is 1.07 bits per heavy atom. The highest BCUT2D eigenvalue weighted by atomic mass is 32.2. The zero-order valence-electron chi connectivity index (χ0n) is 6.09. The Kier molecular flexibility index (Phi) is 5.45. The van der Waals surface area contributed by atoms with Crippen LogP contribution in [0, 0.1) is 0 Å². The van der Waals surface area contributed by atoms with Crippen LogP contribution in [-0.2, 0) is 10.1 Å². The molecular weight excluding hydrogens is 246 g/mol. The van der Waals surface area contributed by atoms with Crippen molar-refractivity contribution in [3.05, 3.63) is 0 Å². The first kappa shape index (κ1) is 15.9. The van der Waals surface area contributed by atoms with Crippen LogP contribution in [0.2, 0.25) is 0 Å². The summed E-state index contributed by atoms with van der Waals surface area (Å²) in [5, 5.41) is 7.12. The molecule has 11 heteroatoms. The molecule has 4 nitrogen and oxygen atoms in total. The standard InChI is InChI=1S/C2H3F3O.CHF3O3S/c3-1-2(4,5)6;2-1(3,4)8(5,6)7/h6H,1H2;(H,5,6,7). The lowest BCUT2D eigenvalue weighted by molar-refractivity contribution is -0.208. The molecule has 14 heavy (non-hydrogen) atoms. The first-order valence-corrected chi connectivity index (χ1v) is 3.95. The highest BCUT2D eigenvalue weighted by Gasteiger charge is 2.44. The molecule has 0 bridgehead atoms. The number of hydrogen-bond donors (Lipinski definition) is 2. The Morgan fingerprint density at radius 3 is 1.21 bits per heavy atom. The molecule has 0 heterocycles. The minimum Gasteiger partial charge on any atom is -0.334 e. The Balaban J connectivity index is 0. The summed E-state index contributed by atoms with van der Waals surface area (Å²) in [6, 6.07) is 0. The van der Waals surface area contributed by atoms with Gasteiger partial charge in [0.1, 0.15) is 0 Å². The van der Waals surface area contributed by atoms with E-state index in [-0.39, 0.29) is 0 Å². The zero-order valence-corrected chi connectivity index (χ0v) is 6.91. The molecular formula is C3H4F6O4S. The Morgan fingerprint density at radius 2 is 1.21 bits per heavy atom. The number of rotatable bonds is 1. The van der Waals surface area contributed by atoms with Gasteiger partial charge in [-0.05, 0) is 0 Å². The summed E-state index contributed by atoms with van der Waals surface area (Å²) in [6.45, 7) is -2.01. The number of halogens is 6. The summed E-state index contributed by atoms with van der Waals surface area (Å²) in [7, 11) is -5.84. The van der Waals surface area contributed by atoms with Gasteiger partial charge in [0, 0.05) is 0 Å². The fourth-order valence-corrected chi connectivity index (χ4v) is 0. The fraction of sp³-hybridized carbons (Fsp3) is 1.00. The second kappa shape index (κ2) is 4.79. The smallest absolute Gasteiger partial charge is 0.334 e. The normalized spacial score (nSPS) is 13.1. The van der Waals surface area contributed by atoms with Crippen molar-refractivity contribution in [2.24, 2.45) is 0 Å². The van der Waals surface area contributed by atoms with Crippen LogP contribution in [0.25, 0.3) is 0 Å². The Hall–Kier alpha value is -0.550. The molecule has 2 N–H and O–H groups in total. The maximum absolute atomic E-state index is 10.7. The van der Waals surface area contributed by atoms with E-state index in [1.165, 1.54) is 0 Å². The van der Waals surface area contributed by atoms with E-state index in [1.807, 2.05) is 0 Å². The van der Waals surface area contributed by atoms with E-state index in [0.29, 0.717) is 0 Å². The van der Waals surface area contributed by atoms with Crippen LogP contribution in [0.15, 0.2) is 0 Å². The van der Waals surface area contributed by atoms with Crippen molar-refractivity contribution in [1.29, 1.82) is 0 Å². The van der Waals surface area contributed by atoms with Crippen LogP contribution in [0.3, 0.4) is 0 Å². The molecule has 0 amide bonds. The van der Waals surface area contributed by atoms with E-state index < -0.39 is 28.4 Å². The van der Waals surface area contributed by atoms with Gasteiger partial charge < -0.3 is 5.11 Å². The second-order valence-electron chi connectivity index (χ2n) is 1.72. The number of alkyl halides is 6. The van der Waals surface area contributed by atoms with E-state index in [2.05, 4.69) is 0 Å². The Bertz CT molecular complexity index is 249. The quantitative estimate of drug-likeness (QED) is 0.412. The summed E-state index contributed by atoms with van der Waals surface area (Å²) in [4.78, 5) is 0. The molecule has 0 spiro atoms. The zero-order chi connectivity index (χ0) is 12.2. The molecule has 0 saturated carbocycles. The molecule has 0 aromatic rings. The molecule has 0 saturated heterocycles.